The molecular weight excluding hydrogens is 344 g/mol. The van der Waals surface area contributed by atoms with E-state index in [1.165, 1.54) is 5.56 Å². The van der Waals surface area contributed by atoms with Crippen LogP contribution in [0.1, 0.15) is 47.1 Å². The Balaban J connectivity index is 1.56. The summed E-state index contributed by atoms with van der Waals surface area (Å²) in [5.41, 5.74) is 5.69. The molecule has 3 aromatic rings. The van der Waals surface area contributed by atoms with Gasteiger partial charge in [0.15, 0.2) is 0 Å². The number of rotatable bonds is 7. The molecule has 1 atom stereocenters. The van der Waals surface area contributed by atoms with Crippen LogP contribution in [-0.2, 0) is 13.0 Å². The molecule has 26 heavy (non-hydrogen) atoms. The lowest BCUT2D eigenvalue weighted by atomic mass is 10.0. The molecule has 1 aromatic heterocycles. The van der Waals surface area contributed by atoms with E-state index in [9.17, 15) is 4.79 Å². The topological polar surface area (TPSA) is 51.2 Å². The number of nitrogens with zero attached hydrogens (tertiary/aromatic N) is 1. The van der Waals surface area contributed by atoms with Crippen molar-refractivity contribution in [3.63, 3.8) is 0 Å². The van der Waals surface area contributed by atoms with E-state index >= 15 is 0 Å². The van der Waals surface area contributed by atoms with Crippen molar-refractivity contribution < 1.29 is 9.53 Å². The number of benzene rings is 2. The maximum Gasteiger partial charge on any atom is 0.251 e. The second-order valence-corrected chi connectivity index (χ2v) is 6.80. The fraction of sp³-hybridized carbons (Fsp3) is 0.238. The Labute approximate surface area is 157 Å². The normalized spacial score (nSPS) is 11.8. The zero-order valence-corrected chi connectivity index (χ0v) is 15.8. The fourth-order valence-electron chi connectivity index (χ4n) is 2.57. The number of aryl methyl sites for hydroxylation is 1. The lowest BCUT2D eigenvalue weighted by molar-refractivity contribution is 0.0940. The highest BCUT2D eigenvalue weighted by atomic mass is 32.1. The van der Waals surface area contributed by atoms with Crippen molar-refractivity contribution in [3.8, 4) is 5.75 Å². The van der Waals surface area contributed by atoms with Crippen LogP contribution in [0.15, 0.2) is 59.4 Å². The minimum absolute atomic E-state index is 0.0472. The van der Waals surface area contributed by atoms with Gasteiger partial charge in [0.05, 0.1) is 17.2 Å². The molecular formula is C21H22N2O2S. The first-order valence-corrected chi connectivity index (χ1v) is 9.59. The number of hydrogen-bond acceptors (Lipinski definition) is 4. The van der Waals surface area contributed by atoms with Crippen molar-refractivity contribution in [3.05, 3.63) is 81.8 Å². The zero-order chi connectivity index (χ0) is 18.4. The minimum atomic E-state index is -0.0943. The second kappa shape index (κ2) is 8.63. The van der Waals surface area contributed by atoms with Gasteiger partial charge in [-0.3, -0.25) is 4.79 Å². The van der Waals surface area contributed by atoms with E-state index in [0.717, 1.165) is 23.4 Å². The van der Waals surface area contributed by atoms with Gasteiger partial charge in [0.2, 0.25) is 0 Å². The Morgan fingerprint density at radius 1 is 1.15 bits per heavy atom. The van der Waals surface area contributed by atoms with Crippen LogP contribution in [0.3, 0.4) is 0 Å². The number of amides is 1. The molecule has 2 aromatic carbocycles. The summed E-state index contributed by atoms with van der Waals surface area (Å²) in [5, 5.41) is 4.99. The third-order valence-electron chi connectivity index (χ3n) is 4.22. The van der Waals surface area contributed by atoms with E-state index in [2.05, 4.69) is 41.5 Å². The number of nitrogens with one attached hydrogen (secondary N) is 1. The van der Waals surface area contributed by atoms with Gasteiger partial charge in [-0.05, 0) is 48.7 Å². The van der Waals surface area contributed by atoms with Gasteiger partial charge < -0.3 is 10.1 Å². The largest absolute Gasteiger partial charge is 0.487 e. The van der Waals surface area contributed by atoms with E-state index in [0.29, 0.717) is 12.2 Å². The first kappa shape index (κ1) is 18.1. The van der Waals surface area contributed by atoms with E-state index in [1.807, 2.05) is 24.4 Å². The number of hydrogen-bond donors (Lipinski definition) is 1. The molecule has 0 aliphatic rings. The number of carbonyl (C=O) groups excluding carboxylic acids is 1. The summed E-state index contributed by atoms with van der Waals surface area (Å²) in [6.07, 6.45) is 1.01. The quantitative estimate of drug-likeness (QED) is 0.655. The van der Waals surface area contributed by atoms with E-state index in [1.54, 1.807) is 29.0 Å². The van der Waals surface area contributed by atoms with Crippen molar-refractivity contribution in [1.29, 1.82) is 0 Å². The van der Waals surface area contributed by atoms with E-state index in [-0.39, 0.29) is 11.9 Å². The molecule has 4 nitrogen and oxygen atoms in total. The van der Waals surface area contributed by atoms with Gasteiger partial charge in [-0.15, -0.1) is 11.3 Å². The number of thiazole rings is 1. The Morgan fingerprint density at radius 3 is 2.50 bits per heavy atom. The molecule has 1 amide bonds. The highest BCUT2D eigenvalue weighted by Gasteiger charge is 2.11. The van der Waals surface area contributed by atoms with Crippen LogP contribution >= 0.6 is 11.3 Å². The monoisotopic (exact) mass is 366 g/mol. The summed E-state index contributed by atoms with van der Waals surface area (Å²) < 4.78 is 5.67. The van der Waals surface area contributed by atoms with Crippen LogP contribution in [0.2, 0.25) is 0 Å². The molecule has 3 rings (SSSR count). The number of aromatic nitrogens is 1. The predicted molar refractivity (Wildman–Crippen MR) is 105 cm³/mol. The summed E-state index contributed by atoms with van der Waals surface area (Å²) in [7, 11) is 0. The van der Waals surface area contributed by atoms with Crippen LogP contribution in [0, 0.1) is 0 Å². The average molecular weight is 366 g/mol. The fourth-order valence-corrected chi connectivity index (χ4v) is 3.12. The maximum atomic E-state index is 12.4. The van der Waals surface area contributed by atoms with Crippen molar-refractivity contribution >= 4 is 17.2 Å². The first-order chi connectivity index (χ1) is 12.7. The minimum Gasteiger partial charge on any atom is -0.487 e. The Kier molecular flexibility index (Phi) is 6.02. The molecule has 1 heterocycles. The molecule has 0 fully saturated rings. The van der Waals surface area contributed by atoms with Crippen LogP contribution in [-0.4, -0.2) is 10.9 Å². The van der Waals surface area contributed by atoms with Gasteiger partial charge in [-0.2, -0.15) is 0 Å². The third kappa shape index (κ3) is 4.70. The number of ether oxygens (including phenoxy) is 1. The van der Waals surface area contributed by atoms with Crippen LogP contribution in [0.25, 0.3) is 0 Å². The zero-order valence-electron chi connectivity index (χ0n) is 14.9. The van der Waals surface area contributed by atoms with Crippen molar-refractivity contribution in [1.82, 2.24) is 10.3 Å². The van der Waals surface area contributed by atoms with Gasteiger partial charge in [-0.25, -0.2) is 4.98 Å². The van der Waals surface area contributed by atoms with Crippen LogP contribution in [0.4, 0.5) is 0 Å². The Hall–Kier alpha value is -2.66. The summed E-state index contributed by atoms with van der Waals surface area (Å²) in [6.45, 7) is 4.55. The van der Waals surface area contributed by atoms with Gasteiger partial charge in [-0.1, -0.05) is 31.2 Å². The summed E-state index contributed by atoms with van der Waals surface area (Å²) in [5.74, 6) is 0.626. The van der Waals surface area contributed by atoms with Crippen molar-refractivity contribution in [2.24, 2.45) is 0 Å². The molecule has 0 saturated carbocycles. The van der Waals surface area contributed by atoms with Gasteiger partial charge in [0.1, 0.15) is 12.4 Å². The SMILES string of the molecule is CCc1ccc(C(C)NC(=O)c2ccc(OCc3cscn3)cc2)cc1. The van der Waals surface area contributed by atoms with Gasteiger partial charge in [0, 0.05) is 10.9 Å². The highest BCUT2D eigenvalue weighted by Crippen LogP contribution is 2.17. The van der Waals surface area contributed by atoms with Crippen LogP contribution in [0.5, 0.6) is 5.75 Å². The molecule has 0 bridgehead atoms. The molecule has 134 valence electrons. The molecule has 0 aliphatic heterocycles. The second-order valence-electron chi connectivity index (χ2n) is 6.08. The highest BCUT2D eigenvalue weighted by molar-refractivity contribution is 7.07. The average Bonchev–Trinajstić information content (AvgIpc) is 3.20. The third-order valence-corrected chi connectivity index (χ3v) is 4.86. The van der Waals surface area contributed by atoms with Crippen molar-refractivity contribution in [2.75, 3.05) is 0 Å². The Morgan fingerprint density at radius 2 is 1.88 bits per heavy atom. The van der Waals surface area contributed by atoms with E-state index in [4.69, 9.17) is 4.74 Å². The molecule has 0 spiro atoms. The molecule has 1 unspecified atom stereocenters. The summed E-state index contributed by atoms with van der Waals surface area (Å²) in [4.78, 5) is 16.6. The lowest BCUT2D eigenvalue weighted by Gasteiger charge is -2.15. The summed E-state index contributed by atoms with van der Waals surface area (Å²) in [6, 6.07) is 15.5. The van der Waals surface area contributed by atoms with Gasteiger partial charge in [0.25, 0.3) is 5.91 Å². The van der Waals surface area contributed by atoms with Gasteiger partial charge >= 0.3 is 0 Å². The molecule has 5 heteroatoms. The number of carbonyl (C=O) groups is 1. The lowest BCUT2D eigenvalue weighted by Crippen LogP contribution is -2.26. The van der Waals surface area contributed by atoms with E-state index < -0.39 is 0 Å². The Bertz CT molecular complexity index is 827. The predicted octanol–water partition coefficient (Wildman–Crippen LogP) is 4.78. The molecule has 0 aliphatic carbocycles. The van der Waals surface area contributed by atoms with Crippen molar-refractivity contribution in [2.45, 2.75) is 32.9 Å². The smallest absolute Gasteiger partial charge is 0.251 e. The molecule has 0 saturated heterocycles. The molecule has 0 radical (unpaired) electrons. The molecule has 1 N–H and O–H groups in total. The summed E-state index contributed by atoms with van der Waals surface area (Å²) >= 11 is 1.54. The first-order valence-electron chi connectivity index (χ1n) is 8.65. The standard InChI is InChI=1S/C21H22N2O2S/c1-3-16-4-6-17(7-5-16)15(2)23-21(24)18-8-10-20(11-9-18)25-12-19-13-26-14-22-19/h4-11,13-15H,3,12H2,1-2H3,(H,23,24). The van der Waals surface area contributed by atoms with Crippen LogP contribution < -0.4 is 10.1 Å². The maximum absolute atomic E-state index is 12.4.